The van der Waals surface area contributed by atoms with Gasteiger partial charge in [0.15, 0.2) is 11.6 Å². The first-order valence-electron chi connectivity index (χ1n) is 13.4. The summed E-state index contributed by atoms with van der Waals surface area (Å²) < 4.78 is 40.8. The number of aromatic nitrogens is 7. The largest absolute Gasteiger partial charge is 0.389 e. The molecule has 232 valence electrons. The molecule has 0 aliphatic carbocycles. The predicted octanol–water partition coefficient (Wildman–Crippen LogP) is 5.59. The molecule has 2 N–H and O–H groups in total. The van der Waals surface area contributed by atoms with E-state index in [9.17, 15) is 22.8 Å². The number of nitrogens with one attached hydrogen (secondary N) is 2. The maximum Gasteiger partial charge on any atom is 0.389 e. The van der Waals surface area contributed by atoms with Crippen molar-refractivity contribution in [1.82, 2.24) is 40.3 Å². The number of benzene rings is 2. The summed E-state index contributed by atoms with van der Waals surface area (Å²) in [6, 6.07) is 16.9. The molecule has 3 aromatic heterocycles. The number of hydrogen-bond acceptors (Lipinski definition) is 7. The molecule has 0 radical (unpaired) electrons. The highest BCUT2D eigenvalue weighted by molar-refractivity contribution is 6.32. The van der Waals surface area contributed by atoms with Gasteiger partial charge in [-0.1, -0.05) is 53.5 Å². The number of hydrogen-bond donors (Lipinski definition) is 2. The highest BCUT2D eigenvalue weighted by atomic mass is 35.5. The van der Waals surface area contributed by atoms with Crippen LogP contribution in [0.5, 0.6) is 0 Å². The van der Waals surface area contributed by atoms with Crippen LogP contribution in [0.4, 0.5) is 18.9 Å². The molecule has 0 unspecified atom stereocenters. The zero-order valence-corrected chi connectivity index (χ0v) is 25.0. The van der Waals surface area contributed by atoms with E-state index in [4.69, 9.17) is 23.2 Å². The Balaban J connectivity index is 1.46. The number of halogens is 5. The summed E-state index contributed by atoms with van der Waals surface area (Å²) >= 11 is 12.7. The van der Waals surface area contributed by atoms with Crippen LogP contribution in [0, 0.1) is 6.92 Å². The third kappa shape index (κ3) is 7.83. The van der Waals surface area contributed by atoms with Crippen LogP contribution in [0.3, 0.4) is 0 Å². The Morgan fingerprint density at radius 3 is 2.51 bits per heavy atom. The van der Waals surface area contributed by atoms with Gasteiger partial charge in [0, 0.05) is 24.2 Å². The second-order valence-electron chi connectivity index (χ2n) is 9.88. The van der Waals surface area contributed by atoms with Crippen LogP contribution in [0.1, 0.15) is 49.9 Å². The van der Waals surface area contributed by atoms with Gasteiger partial charge in [-0.05, 0) is 58.8 Å². The summed E-state index contributed by atoms with van der Waals surface area (Å²) in [5, 5.41) is 21.5. The minimum atomic E-state index is -4.39. The van der Waals surface area contributed by atoms with E-state index in [0.717, 1.165) is 5.56 Å². The van der Waals surface area contributed by atoms with Crippen molar-refractivity contribution in [2.24, 2.45) is 0 Å². The van der Waals surface area contributed by atoms with Crippen molar-refractivity contribution in [3.05, 3.63) is 111 Å². The van der Waals surface area contributed by atoms with E-state index in [1.54, 1.807) is 25.1 Å². The number of anilines is 1. The quantitative estimate of drug-likeness (QED) is 0.200. The maximum absolute atomic E-state index is 13.8. The van der Waals surface area contributed by atoms with Gasteiger partial charge in [0.2, 0.25) is 0 Å². The second kappa shape index (κ2) is 13.4. The average molecular weight is 658 g/mol. The number of tetrazole rings is 1. The van der Waals surface area contributed by atoms with E-state index < -0.39 is 30.8 Å². The second-order valence-corrected chi connectivity index (χ2v) is 10.7. The van der Waals surface area contributed by atoms with E-state index in [-0.39, 0.29) is 52.4 Å². The van der Waals surface area contributed by atoms with Gasteiger partial charge in [-0.25, -0.2) is 14.3 Å². The van der Waals surface area contributed by atoms with Gasteiger partial charge in [0.05, 0.1) is 34.9 Å². The Hall–Kier alpha value is -4.82. The van der Waals surface area contributed by atoms with Crippen molar-refractivity contribution < 1.29 is 22.8 Å². The summed E-state index contributed by atoms with van der Waals surface area (Å²) in [6.07, 6.45) is -4.49. The SMILES string of the molecule is Cc1cc(Cl)cc(C(=O)NCc2ccccc2)c1NC(=O)c1cc(Cn2nnnc2CCC(F)(F)F)nn1-c1ncccc1Cl. The Labute approximate surface area is 264 Å². The topological polar surface area (TPSA) is 133 Å². The summed E-state index contributed by atoms with van der Waals surface area (Å²) in [5.74, 6) is -1.02. The summed E-state index contributed by atoms with van der Waals surface area (Å²) in [7, 11) is 0. The molecule has 2 amide bonds. The zero-order valence-electron chi connectivity index (χ0n) is 23.5. The first-order valence-corrected chi connectivity index (χ1v) is 14.2. The number of rotatable bonds is 10. The molecule has 3 heterocycles. The molecule has 0 bridgehead atoms. The molecule has 11 nitrogen and oxygen atoms in total. The highest BCUT2D eigenvalue weighted by Crippen LogP contribution is 2.28. The smallest absolute Gasteiger partial charge is 0.348 e. The summed E-state index contributed by atoms with van der Waals surface area (Å²) in [4.78, 5) is 31.3. The number of amides is 2. The standard InChI is InChI=1S/C29H24Cl2F3N9O2/c1-17-12-19(30)13-21(27(44)36-15-18-6-3-2-4-7-18)25(17)37-28(45)23-14-20(39-43(23)26-22(31)8-5-11-35-26)16-42-24(38-40-41-42)9-10-29(32,33)34/h2-8,11-14H,9-10,15-16H2,1H3,(H,36,44)(H,37,45). The Kier molecular flexibility index (Phi) is 9.44. The molecule has 0 saturated heterocycles. The lowest BCUT2D eigenvalue weighted by Gasteiger charge is -2.15. The van der Waals surface area contributed by atoms with Crippen LogP contribution in [0.2, 0.25) is 10.0 Å². The fourth-order valence-corrected chi connectivity index (χ4v) is 4.91. The summed E-state index contributed by atoms with van der Waals surface area (Å²) in [5.41, 5.74) is 1.95. The maximum atomic E-state index is 13.8. The normalized spacial score (nSPS) is 11.4. The molecular weight excluding hydrogens is 634 g/mol. The van der Waals surface area contributed by atoms with Gasteiger partial charge < -0.3 is 10.6 Å². The molecule has 16 heteroatoms. The molecule has 0 aliphatic heterocycles. The molecular formula is C29H24Cl2F3N9O2. The van der Waals surface area contributed by atoms with E-state index in [0.29, 0.717) is 10.6 Å². The Morgan fingerprint density at radius 2 is 1.78 bits per heavy atom. The number of carbonyl (C=O) groups is 2. The van der Waals surface area contributed by atoms with Gasteiger partial charge in [0.1, 0.15) is 5.69 Å². The minimum Gasteiger partial charge on any atom is -0.348 e. The number of aryl methyl sites for hydroxylation is 2. The van der Waals surface area contributed by atoms with Crippen molar-refractivity contribution >= 4 is 40.7 Å². The zero-order chi connectivity index (χ0) is 32.1. The van der Waals surface area contributed by atoms with E-state index in [1.165, 1.54) is 27.7 Å². The molecule has 5 aromatic rings. The Morgan fingerprint density at radius 1 is 1.00 bits per heavy atom. The number of pyridine rings is 1. The third-order valence-corrected chi connectivity index (χ3v) is 7.07. The van der Waals surface area contributed by atoms with Crippen LogP contribution in [-0.2, 0) is 19.5 Å². The number of alkyl halides is 3. The van der Waals surface area contributed by atoms with E-state index in [1.807, 2.05) is 30.3 Å². The monoisotopic (exact) mass is 657 g/mol. The highest BCUT2D eigenvalue weighted by Gasteiger charge is 2.28. The molecule has 45 heavy (non-hydrogen) atoms. The van der Waals surface area contributed by atoms with Crippen LogP contribution < -0.4 is 10.6 Å². The van der Waals surface area contributed by atoms with Crippen molar-refractivity contribution in [2.45, 2.75) is 39.0 Å². The fourth-order valence-electron chi connectivity index (χ4n) is 4.44. The average Bonchev–Trinajstić information content (AvgIpc) is 3.63. The lowest BCUT2D eigenvalue weighted by Crippen LogP contribution is -2.26. The molecule has 5 rings (SSSR count). The summed E-state index contributed by atoms with van der Waals surface area (Å²) in [6.45, 7) is 1.79. The number of nitrogens with zero attached hydrogens (tertiary/aromatic N) is 7. The van der Waals surface area contributed by atoms with Crippen LogP contribution in [0.25, 0.3) is 5.82 Å². The third-order valence-electron chi connectivity index (χ3n) is 6.56. The first-order chi connectivity index (χ1) is 21.5. The first kappa shape index (κ1) is 31.6. The molecule has 0 aliphatic rings. The Bertz CT molecular complexity index is 1840. The van der Waals surface area contributed by atoms with Gasteiger partial charge in [-0.15, -0.1) is 5.10 Å². The molecule has 0 atom stereocenters. The van der Waals surface area contributed by atoms with Crippen LogP contribution in [0.15, 0.2) is 66.9 Å². The van der Waals surface area contributed by atoms with Gasteiger partial charge in [-0.2, -0.15) is 18.3 Å². The molecule has 0 fully saturated rings. The van der Waals surface area contributed by atoms with Crippen LogP contribution in [-0.4, -0.2) is 53.0 Å². The molecule has 0 spiro atoms. The predicted molar refractivity (Wildman–Crippen MR) is 159 cm³/mol. The number of carbonyl (C=O) groups excluding carboxylic acids is 2. The van der Waals surface area contributed by atoms with Crippen molar-refractivity contribution in [3.8, 4) is 5.82 Å². The fraction of sp³-hybridized carbons (Fsp3) is 0.207. The van der Waals surface area contributed by atoms with Crippen LogP contribution >= 0.6 is 23.2 Å². The van der Waals surface area contributed by atoms with Gasteiger partial charge in [-0.3, -0.25) is 9.59 Å². The van der Waals surface area contributed by atoms with E-state index >= 15 is 0 Å². The van der Waals surface area contributed by atoms with Crippen molar-refractivity contribution in [1.29, 1.82) is 0 Å². The molecule has 0 saturated carbocycles. The van der Waals surface area contributed by atoms with Crippen molar-refractivity contribution in [2.75, 3.05) is 5.32 Å². The lowest BCUT2D eigenvalue weighted by molar-refractivity contribution is -0.134. The minimum absolute atomic E-state index is 0.00769. The van der Waals surface area contributed by atoms with E-state index in [2.05, 4.69) is 36.2 Å². The molecule has 2 aromatic carbocycles. The van der Waals surface area contributed by atoms with Gasteiger partial charge >= 0.3 is 6.18 Å². The van der Waals surface area contributed by atoms with Gasteiger partial charge in [0.25, 0.3) is 11.8 Å². The van der Waals surface area contributed by atoms with Crippen molar-refractivity contribution in [3.63, 3.8) is 0 Å². The lowest BCUT2D eigenvalue weighted by atomic mass is 10.1.